The van der Waals surface area contributed by atoms with Crippen molar-refractivity contribution in [2.45, 2.75) is 37.8 Å². The third-order valence-corrected chi connectivity index (χ3v) is 4.02. The van der Waals surface area contributed by atoms with Crippen molar-refractivity contribution in [2.75, 3.05) is 6.61 Å². The van der Waals surface area contributed by atoms with Crippen LogP contribution in [-0.2, 0) is 27.4 Å². The molecule has 2 aromatic carbocycles. The Bertz CT molecular complexity index is 604. The van der Waals surface area contributed by atoms with Gasteiger partial charge in [0.15, 0.2) is 6.29 Å². The van der Waals surface area contributed by atoms with E-state index in [-0.39, 0.29) is 13.2 Å². The van der Waals surface area contributed by atoms with Crippen LogP contribution in [0.15, 0.2) is 60.7 Å². The number of aliphatic hydroxyl groups excluding tert-OH is 2. The van der Waals surface area contributed by atoms with Gasteiger partial charge in [0.2, 0.25) is 0 Å². The van der Waals surface area contributed by atoms with E-state index < -0.39 is 24.6 Å². The summed E-state index contributed by atoms with van der Waals surface area (Å²) in [5, 5.41) is 20.4. The van der Waals surface area contributed by atoms with Crippen molar-refractivity contribution < 1.29 is 24.4 Å². The van der Waals surface area contributed by atoms with E-state index in [0.29, 0.717) is 6.61 Å². The largest absolute Gasteiger partial charge is 0.387 e. The van der Waals surface area contributed by atoms with Gasteiger partial charge in [-0.1, -0.05) is 60.7 Å². The Labute approximate surface area is 141 Å². The van der Waals surface area contributed by atoms with Gasteiger partial charge in [0.1, 0.15) is 18.3 Å². The molecule has 0 radical (unpaired) electrons. The monoisotopic (exact) mass is 330 g/mol. The Kier molecular flexibility index (Phi) is 5.96. The fraction of sp³-hybridized carbons (Fsp3) is 0.368. The van der Waals surface area contributed by atoms with E-state index in [0.717, 1.165) is 11.1 Å². The molecular weight excluding hydrogens is 308 g/mol. The minimum absolute atomic E-state index is 0.125. The molecule has 0 unspecified atom stereocenters. The van der Waals surface area contributed by atoms with Crippen LogP contribution in [0.25, 0.3) is 0 Å². The normalized spacial score (nSPS) is 27.1. The Morgan fingerprint density at radius 3 is 1.96 bits per heavy atom. The van der Waals surface area contributed by atoms with E-state index in [1.54, 1.807) is 0 Å². The number of rotatable bonds is 6. The molecule has 2 aromatic rings. The maximum absolute atomic E-state index is 10.5. The van der Waals surface area contributed by atoms with Gasteiger partial charge in [0.25, 0.3) is 0 Å². The van der Waals surface area contributed by atoms with E-state index in [9.17, 15) is 10.2 Å². The lowest BCUT2D eigenvalue weighted by molar-refractivity contribution is -0.276. The topological polar surface area (TPSA) is 68.2 Å². The van der Waals surface area contributed by atoms with Gasteiger partial charge in [-0.2, -0.15) is 0 Å². The van der Waals surface area contributed by atoms with E-state index in [2.05, 4.69) is 0 Å². The third kappa shape index (κ3) is 4.41. The molecule has 1 aliphatic heterocycles. The van der Waals surface area contributed by atoms with Crippen molar-refractivity contribution in [3.8, 4) is 0 Å². The summed E-state index contributed by atoms with van der Waals surface area (Å²) >= 11 is 0. The van der Waals surface area contributed by atoms with Crippen LogP contribution in [0.4, 0.5) is 0 Å². The van der Waals surface area contributed by atoms with Crippen molar-refractivity contribution >= 4 is 0 Å². The number of aliphatic hydroxyl groups is 2. The molecule has 0 aliphatic carbocycles. The van der Waals surface area contributed by atoms with Crippen LogP contribution >= 0.6 is 0 Å². The van der Waals surface area contributed by atoms with Crippen LogP contribution in [-0.4, -0.2) is 41.4 Å². The predicted molar refractivity (Wildman–Crippen MR) is 88.0 cm³/mol. The summed E-state index contributed by atoms with van der Waals surface area (Å²) in [6, 6.07) is 19.3. The van der Waals surface area contributed by atoms with Crippen LogP contribution in [0, 0.1) is 0 Å². The lowest BCUT2D eigenvalue weighted by atomic mass is 10.0. The first-order valence-corrected chi connectivity index (χ1v) is 8.03. The Morgan fingerprint density at radius 1 is 0.833 bits per heavy atom. The van der Waals surface area contributed by atoms with E-state index in [1.807, 2.05) is 60.7 Å². The van der Waals surface area contributed by atoms with Gasteiger partial charge in [-0.25, -0.2) is 0 Å². The van der Waals surface area contributed by atoms with Gasteiger partial charge in [0.05, 0.1) is 19.8 Å². The van der Waals surface area contributed by atoms with Gasteiger partial charge in [-0.15, -0.1) is 0 Å². The fourth-order valence-corrected chi connectivity index (χ4v) is 2.64. The molecule has 5 nitrogen and oxygen atoms in total. The van der Waals surface area contributed by atoms with Gasteiger partial charge < -0.3 is 24.4 Å². The molecule has 1 aliphatic rings. The first kappa shape index (κ1) is 17.1. The van der Waals surface area contributed by atoms with Crippen molar-refractivity contribution in [1.29, 1.82) is 0 Å². The molecule has 1 heterocycles. The Hall–Kier alpha value is -1.76. The molecule has 0 aromatic heterocycles. The van der Waals surface area contributed by atoms with Crippen LogP contribution in [0.2, 0.25) is 0 Å². The van der Waals surface area contributed by atoms with Crippen molar-refractivity contribution in [1.82, 2.24) is 0 Å². The third-order valence-electron chi connectivity index (χ3n) is 4.02. The fourth-order valence-electron chi connectivity index (χ4n) is 2.64. The molecule has 4 atom stereocenters. The highest BCUT2D eigenvalue weighted by Gasteiger charge is 2.40. The molecule has 0 saturated carbocycles. The zero-order valence-corrected chi connectivity index (χ0v) is 13.3. The van der Waals surface area contributed by atoms with Crippen molar-refractivity contribution in [3.05, 3.63) is 71.8 Å². The van der Waals surface area contributed by atoms with Crippen molar-refractivity contribution in [3.63, 3.8) is 0 Å². The van der Waals surface area contributed by atoms with E-state index in [4.69, 9.17) is 14.2 Å². The zero-order chi connectivity index (χ0) is 16.8. The molecule has 5 heteroatoms. The van der Waals surface area contributed by atoms with E-state index >= 15 is 0 Å². The van der Waals surface area contributed by atoms with Crippen LogP contribution < -0.4 is 0 Å². The maximum atomic E-state index is 10.5. The molecule has 1 saturated heterocycles. The first-order valence-electron chi connectivity index (χ1n) is 8.03. The van der Waals surface area contributed by atoms with Crippen LogP contribution in [0.5, 0.6) is 0 Å². The average molecular weight is 330 g/mol. The molecule has 0 bridgehead atoms. The Balaban J connectivity index is 1.55. The minimum Gasteiger partial charge on any atom is -0.387 e. The smallest absolute Gasteiger partial charge is 0.183 e. The summed E-state index contributed by atoms with van der Waals surface area (Å²) in [6.07, 6.45) is -3.52. The van der Waals surface area contributed by atoms with Crippen LogP contribution in [0.3, 0.4) is 0 Å². The second kappa shape index (κ2) is 8.37. The first-order chi connectivity index (χ1) is 11.7. The highest BCUT2D eigenvalue weighted by Crippen LogP contribution is 2.21. The summed E-state index contributed by atoms with van der Waals surface area (Å²) in [5.74, 6) is 0. The molecule has 3 rings (SSSR count). The molecule has 0 spiro atoms. The summed E-state index contributed by atoms with van der Waals surface area (Å²) in [5.41, 5.74) is 1.97. The summed E-state index contributed by atoms with van der Waals surface area (Å²) in [6.45, 7) is 0.780. The van der Waals surface area contributed by atoms with Gasteiger partial charge in [0, 0.05) is 0 Å². The van der Waals surface area contributed by atoms with E-state index in [1.165, 1.54) is 0 Å². The minimum atomic E-state index is -1.17. The standard InChI is InChI=1S/C19H22O5/c20-17-16(22-11-14-7-3-1-4-8-14)13-24-19(21)18(17)23-12-15-9-5-2-6-10-15/h1-10,16-21H,11-13H2/t16-,17-,18+,19-/m1/s1. The quantitative estimate of drug-likeness (QED) is 0.846. The molecule has 0 amide bonds. The highest BCUT2D eigenvalue weighted by atomic mass is 16.7. The highest BCUT2D eigenvalue weighted by molar-refractivity contribution is 5.14. The lowest BCUT2D eigenvalue weighted by Crippen LogP contribution is -2.54. The second-order valence-corrected chi connectivity index (χ2v) is 5.81. The van der Waals surface area contributed by atoms with Gasteiger partial charge in [-0.05, 0) is 11.1 Å². The second-order valence-electron chi connectivity index (χ2n) is 5.81. The van der Waals surface area contributed by atoms with Gasteiger partial charge >= 0.3 is 0 Å². The summed E-state index contributed by atoms with van der Waals surface area (Å²) < 4.78 is 16.7. The number of benzene rings is 2. The SMILES string of the molecule is O[C@H]1[C@H](OCc2ccccc2)[C@H](O)OC[C@H]1OCc1ccccc1. The van der Waals surface area contributed by atoms with Crippen molar-refractivity contribution in [2.24, 2.45) is 0 Å². The average Bonchev–Trinajstić information content (AvgIpc) is 2.63. The predicted octanol–water partition coefficient (Wildman–Crippen LogP) is 1.87. The Morgan fingerprint density at radius 2 is 1.38 bits per heavy atom. The summed E-state index contributed by atoms with van der Waals surface area (Å²) in [7, 11) is 0. The number of ether oxygens (including phenoxy) is 3. The maximum Gasteiger partial charge on any atom is 0.183 e. The summed E-state index contributed by atoms with van der Waals surface area (Å²) in [4.78, 5) is 0. The van der Waals surface area contributed by atoms with Gasteiger partial charge in [-0.3, -0.25) is 0 Å². The molecule has 128 valence electrons. The molecule has 2 N–H and O–H groups in total. The molecular formula is C19H22O5. The molecule has 1 fully saturated rings. The molecule has 24 heavy (non-hydrogen) atoms. The zero-order valence-electron chi connectivity index (χ0n) is 13.3. The number of hydrogen-bond donors (Lipinski definition) is 2. The number of hydrogen-bond acceptors (Lipinski definition) is 5. The lowest BCUT2D eigenvalue weighted by Gasteiger charge is -2.37. The van der Waals surface area contributed by atoms with Crippen LogP contribution in [0.1, 0.15) is 11.1 Å².